The van der Waals surface area contributed by atoms with Crippen molar-refractivity contribution in [1.82, 2.24) is 15.0 Å². The van der Waals surface area contributed by atoms with Gasteiger partial charge in [-0.3, -0.25) is 0 Å². The minimum absolute atomic E-state index is 0.0505. The van der Waals surface area contributed by atoms with Gasteiger partial charge in [0.1, 0.15) is 0 Å². The van der Waals surface area contributed by atoms with Crippen LogP contribution in [0.3, 0.4) is 0 Å². The van der Waals surface area contributed by atoms with Crippen molar-refractivity contribution in [2.45, 2.75) is 0 Å². The molecule has 18 heavy (non-hydrogen) atoms. The van der Waals surface area contributed by atoms with E-state index >= 15 is 0 Å². The fraction of sp³-hybridized carbons (Fsp3) is 0.364. The SMILES string of the molecule is C#CCOc1nc(NCCN)nc(OCC#C)n1. The second-order valence-corrected chi connectivity index (χ2v) is 2.93. The summed E-state index contributed by atoms with van der Waals surface area (Å²) in [4.78, 5) is 11.8. The fourth-order valence-electron chi connectivity index (χ4n) is 0.943. The van der Waals surface area contributed by atoms with E-state index in [0.717, 1.165) is 0 Å². The molecule has 1 aromatic heterocycles. The van der Waals surface area contributed by atoms with Crippen molar-refractivity contribution in [3.63, 3.8) is 0 Å². The lowest BCUT2D eigenvalue weighted by atomic mass is 10.6. The summed E-state index contributed by atoms with van der Waals surface area (Å²) in [6.45, 7) is 1.05. The molecule has 0 saturated heterocycles. The molecule has 3 N–H and O–H groups in total. The number of rotatable bonds is 7. The van der Waals surface area contributed by atoms with E-state index in [0.29, 0.717) is 13.1 Å². The molecule has 0 aromatic carbocycles. The second kappa shape index (κ2) is 7.71. The highest BCUT2D eigenvalue weighted by atomic mass is 16.5. The lowest BCUT2D eigenvalue weighted by molar-refractivity contribution is 0.304. The topological polar surface area (TPSA) is 95.2 Å². The van der Waals surface area contributed by atoms with Crippen molar-refractivity contribution < 1.29 is 9.47 Å². The monoisotopic (exact) mass is 247 g/mol. The van der Waals surface area contributed by atoms with Crippen LogP contribution in [-0.2, 0) is 0 Å². The normalized spacial score (nSPS) is 9.06. The number of hydrogen-bond acceptors (Lipinski definition) is 7. The number of aromatic nitrogens is 3. The summed E-state index contributed by atoms with van der Waals surface area (Å²) in [5, 5.41) is 2.88. The molecule has 0 unspecified atom stereocenters. The first-order chi connectivity index (χ1) is 8.80. The van der Waals surface area contributed by atoms with Crippen LogP contribution in [0.25, 0.3) is 0 Å². The maximum absolute atomic E-state index is 5.36. The van der Waals surface area contributed by atoms with Crippen LogP contribution in [0.2, 0.25) is 0 Å². The van der Waals surface area contributed by atoms with E-state index in [1.54, 1.807) is 0 Å². The molecule has 0 amide bonds. The predicted octanol–water partition coefficient (Wildman–Crippen LogP) is -0.734. The number of terminal acetylenes is 2. The Morgan fingerprint density at radius 1 is 1.06 bits per heavy atom. The van der Waals surface area contributed by atoms with Gasteiger partial charge < -0.3 is 20.5 Å². The molecule has 0 fully saturated rings. The minimum atomic E-state index is 0.0505. The number of nitrogens with one attached hydrogen (secondary N) is 1. The third kappa shape index (κ3) is 4.56. The molecule has 0 atom stereocenters. The van der Waals surface area contributed by atoms with E-state index in [4.69, 9.17) is 28.1 Å². The molecule has 0 aliphatic heterocycles. The summed E-state index contributed by atoms with van der Waals surface area (Å²) in [6, 6.07) is 0.129. The molecule has 0 spiro atoms. The van der Waals surface area contributed by atoms with E-state index in [9.17, 15) is 0 Å². The summed E-state index contributed by atoms with van der Waals surface area (Å²) in [5.74, 6) is 4.90. The van der Waals surface area contributed by atoms with Crippen molar-refractivity contribution in [1.29, 1.82) is 0 Å². The number of ether oxygens (including phenoxy) is 2. The first-order valence-electron chi connectivity index (χ1n) is 5.12. The minimum Gasteiger partial charge on any atom is -0.450 e. The largest absolute Gasteiger partial charge is 0.450 e. The average molecular weight is 247 g/mol. The lowest BCUT2D eigenvalue weighted by Gasteiger charge is -2.07. The molecule has 94 valence electrons. The van der Waals surface area contributed by atoms with Crippen molar-refractivity contribution in [3.8, 4) is 36.7 Å². The molecule has 1 rings (SSSR count). The Morgan fingerprint density at radius 2 is 1.61 bits per heavy atom. The fourth-order valence-corrected chi connectivity index (χ4v) is 0.943. The van der Waals surface area contributed by atoms with Crippen LogP contribution in [0.4, 0.5) is 5.95 Å². The van der Waals surface area contributed by atoms with Crippen LogP contribution >= 0.6 is 0 Å². The average Bonchev–Trinajstić information content (AvgIpc) is 2.40. The van der Waals surface area contributed by atoms with Gasteiger partial charge >= 0.3 is 12.0 Å². The molecule has 1 heterocycles. The van der Waals surface area contributed by atoms with Gasteiger partial charge in [0.2, 0.25) is 5.95 Å². The van der Waals surface area contributed by atoms with Crippen LogP contribution in [0, 0.1) is 24.7 Å². The van der Waals surface area contributed by atoms with E-state index in [1.807, 2.05) is 0 Å². The van der Waals surface area contributed by atoms with Gasteiger partial charge in [0.25, 0.3) is 0 Å². The third-order valence-electron chi connectivity index (χ3n) is 1.59. The number of nitrogens with zero attached hydrogens (tertiary/aromatic N) is 3. The zero-order valence-corrected chi connectivity index (χ0v) is 9.72. The van der Waals surface area contributed by atoms with Crippen LogP contribution in [0.5, 0.6) is 12.0 Å². The van der Waals surface area contributed by atoms with E-state index < -0.39 is 0 Å². The summed E-state index contributed by atoms with van der Waals surface area (Å²) < 4.78 is 10.2. The van der Waals surface area contributed by atoms with Gasteiger partial charge in [-0.2, -0.15) is 9.97 Å². The molecular formula is C11H13N5O2. The van der Waals surface area contributed by atoms with Crippen LogP contribution in [0.1, 0.15) is 0 Å². The van der Waals surface area contributed by atoms with E-state index in [-0.39, 0.29) is 31.2 Å². The van der Waals surface area contributed by atoms with Gasteiger partial charge in [-0.15, -0.1) is 17.8 Å². The van der Waals surface area contributed by atoms with Gasteiger partial charge in [0.05, 0.1) is 0 Å². The van der Waals surface area contributed by atoms with Gasteiger partial charge in [0, 0.05) is 13.1 Å². The molecule has 7 nitrogen and oxygen atoms in total. The first-order valence-corrected chi connectivity index (χ1v) is 5.12. The number of hydrogen-bond donors (Lipinski definition) is 2. The third-order valence-corrected chi connectivity index (χ3v) is 1.59. The smallest absolute Gasteiger partial charge is 0.325 e. The second-order valence-electron chi connectivity index (χ2n) is 2.93. The van der Waals surface area contributed by atoms with Crippen molar-refractivity contribution in [2.75, 3.05) is 31.6 Å². The van der Waals surface area contributed by atoms with Crippen LogP contribution in [-0.4, -0.2) is 41.3 Å². The van der Waals surface area contributed by atoms with Crippen LogP contribution in [0.15, 0.2) is 0 Å². The maximum atomic E-state index is 5.36. The van der Waals surface area contributed by atoms with Crippen molar-refractivity contribution >= 4 is 5.95 Å². The molecule has 0 bridgehead atoms. The molecule has 0 radical (unpaired) electrons. The molecular weight excluding hydrogens is 234 g/mol. The van der Waals surface area contributed by atoms with Gasteiger partial charge in [-0.25, -0.2) is 0 Å². The molecule has 1 aromatic rings. The maximum Gasteiger partial charge on any atom is 0.325 e. The molecule has 7 heteroatoms. The molecule has 0 aliphatic rings. The van der Waals surface area contributed by atoms with Gasteiger partial charge in [-0.1, -0.05) is 11.8 Å². The number of nitrogens with two attached hydrogens (primary N) is 1. The zero-order chi connectivity index (χ0) is 13.2. The summed E-state index contributed by atoms with van der Waals surface area (Å²) >= 11 is 0. The van der Waals surface area contributed by atoms with Crippen molar-refractivity contribution in [3.05, 3.63) is 0 Å². The zero-order valence-electron chi connectivity index (χ0n) is 9.72. The Morgan fingerprint density at radius 3 is 2.06 bits per heavy atom. The van der Waals surface area contributed by atoms with Gasteiger partial charge in [0.15, 0.2) is 13.2 Å². The number of anilines is 1. The Bertz CT molecular complexity index is 427. The highest BCUT2D eigenvalue weighted by Crippen LogP contribution is 2.12. The molecule has 0 saturated carbocycles. The van der Waals surface area contributed by atoms with Crippen molar-refractivity contribution in [2.24, 2.45) is 5.73 Å². The Kier molecular flexibility index (Phi) is 5.81. The molecule has 0 aliphatic carbocycles. The Hall–Kier alpha value is -2.51. The Labute approximate surface area is 105 Å². The quantitative estimate of drug-likeness (QED) is 0.613. The predicted molar refractivity (Wildman–Crippen MR) is 66.0 cm³/mol. The van der Waals surface area contributed by atoms with E-state index in [2.05, 4.69) is 32.1 Å². The summed E-state index contributed by atoms with van der Waals surface area (Å²) in [7, 11) is 0. The summed E-state index contributed by atoms with van der Waals surface area (Å²) in [6.07, 6.45) is 10.2. The Balaban J connectivity index is 2.82. The highest BCUT2D eigenvalue weighted by molar-refractivity contribution is 5.27. The van der Waals surface area contributed by atoms with E-state index in [1.165, 1.54) is 0 Å². The van der Waals surface area contributed by atoms with Gasteiger partial charge in [-0.05, 0) is 0 Å². The summed E-state index contributed by atoms with van der Waals surface area (Å²) in [5.41, 5.74) is 5.36. The highest BCUT2D eigenvalue weighted by Gasteiger charge is 2.07. The lowest BCUT2D eigenvalue weighted by Crippen LogP contribution is -2.16. The standard InChI is InChI=1S/C11H13N5O2/c1-3-7-17-10-14-9(13-6-5-12)15-11(16-10)18-8-4-2/h1-2H,5-8,12H2,(H,13,14,15,16). The first kappa shape index (κ1) is 13.6. The van der Waals surface area contributed by atoms with Crippen LogP contribution < -0.4 is 20.5 Å².